The Hall–Kier alpha value is -1.89. The molecule has 2 aliphatic heterocycles. The van der Waals surface area contributed by atoms with E-state index >= 15 is 0 Å². The van der Waals surface area contributed by atoms with Crippen LogP contribution < -0.4 is 0 Å². The zero-order valence-corrected chi connectivity index (χ0v) is 18.0. The summed E-state index contributed by atoms with van der Waals surface area (Å²) in [4.78, 5) is 29.0. The van der Waals surface area contributed by atoms with E-state index in [-0.39, 0.29) is 17.4 Å². The maximum atomic E-state index is 12.7. The maximum Gasteiger partial charge on any atom is 0.224 e. The molecule has 1 aliphatic carbocycles. The summed E-state index contributed by atoms with van der Waals surface area (Å²) >= 11 is 0. The second kappa shape index (κ2) is 8.09. The van der Waals surface area contributed by atoms with Gasteiger partial charge in [-0.05, 0) is 58.4 Å². The zero-order valence-electron chi connectivity index (χ0n) is 18.0. The lowest BCUT2D eigenvalue weighted by Crippen LogP contribution is -2.55. The molecule has 0 N–H and O–H groups in total. The number of carbonyl (C=O) groups excluding carboxylic acids is 2. The number of rotatable bonds is 5. The third kappa shape index (κ3) is 4.49. The van der Waals surface area contributed by atoms with Gasteiger partial charge in [-0.25, -0.2) is 0 Å². The molecule has 2 amide bonds. The minimum atomic E-state index is -0.169. The molecule has 3 fully saturated rings. The molecule has 2 saturated heterocycles. The molecule has 29 heavy (non-hydrogen) atoms. The highest BCUT2D eigenvalue weighted by molar-refractivity contribution is 5.76. The van der Waals surface area contributed by atoms with Crippen molar-refractivity contribution in [3.8, 4) is 0 Å². The Labute approximate surface area is 173 Å². The molecule has 1 aromatic heterocycles. The highest BCUT2D eigenvalue weighted by Gasteiger charge is 2.45. The molecule has 4 rings (SSSR count). The van der Waals surface area contributed by atoms with Gasteiger partial charge in [0.05, 0.1) is 11.3 Å². The van der Waals surface area contributed by atoms with Crippen molar-refractivity contribution in [2.24, 2.45) is 0 Å². The topological polar surface area (TPSA) is 67.7 Å². The molecule has 0 aromatic carbocycles. The van der Waals surface area contributed by atoms with E-state index in [1.165, 1.54) is 0 Å². The predicted molar refractivity (Wildman–Crippen MR) is 109 cm³/mol. The van der Waals surface area contributed by atoms with Crippen molar-refractivity contribution in [2.45, 2.75) is 89.9 Å². The second-order valence-corrected chi connectivity index (χ2v) is 9.12. The van der Waals surface area contributed by atoms with E-state index in [9.17, 15) is 9.59 Å². The maximum absolute atomic E-state index is 12.7. The minimum absolute atomic E-state index is 0.169. The van der Waals surface area contributed by atoms with Crippen molar-refractivity contribution in [1.82, 2.24) is 19.6 Å². The summed E-state index contributed by atoms with van der Waals surface area (Å²) in [5.74, 6) is 0.398. The van der Waals surface area contributed by atoms with Crippen LogP contribution in [0.2, 0.25) is 0 Å². The van der Waals surface area contributed by atoms with E-state index in [1.807, 2.05) is 29.5 Å². The van der Waals surface area contributed by atoms with Crippen LogP contribution in [-0.2, 0) is 20.9 Å². The third-order valence-corrected chi connectivity index (χ3v) is 6.83. The van der Waals surface area contributed by atoms with Gasteiger partial charge in [0.1, 0.15) is 0 Å². The highest BCUT2D eigenvalue weighted by Crippen LogP contribution is 2.40. The van der Waals surface area contributed by atoms with E-state index in [4.69, 9.17) is 4.74 Å². The summed E-state index contributed by atoms with van der Waals surface area (Å²) < 4.78 is 8.17. The lowest BCUT2D eigenvalue weighted by atomic mass is 9.81. The highest BCUT2D eigenvalue weighted by atomic mass is 16.5. The second-order valence-electron chi connectivity index (χ2n) is 9.12. The van der Waals surface area contributed by atoms with Gasteiger partial charge < -0.3 is 14.5 Å². The monoisotopic (exact) mass is 402 g/mol. The normalized spacial score (nSPS) is 24.0. The molecule has 7 heteroatoms. The van der Waals surface area contributed by atoms with Crippen LogP contribution in [0.5, 0.6) is 0 Å². The van der Waals surface area contributed by atoms with Crippen LogP contribution in [0.4, 0.5) is 0 Å². The van der Waals surface area contributed by atoms with E-state index in [0.29, 0.717) is 31.7 Å². The number of piperidine rings is 1. The van der Waals surface area contributed by atoms with Gasteiger partial charge in [0, 0.05) is 57.4 Å². The number of ether oxygens (including phenoxy) is 1. The van der Waals surface area contributed by atoms with Gasteiger partial charge in [0.15, 0.2) is 0 Å². The van der Waals surface area contributed by atoms with Gasteiger partial charge in [-0.1, -0.05) is 0 Å². The molecular weight excluding hydrogens is 368 g/mol. The van der Waals surface area contributed by atoms with Crippen LogP contribution in [0.3, 0.4) is 0 Å². The SMILES string of the molecule is CC(=O)N(C1CC1)C1CCOC2(CCN(C(=O)CCn3nc(C)cc3C)CC2)C1. The molecule has 160 valence electrons. The molecule has 1 spiro atoms. The van der Waals surface area contributed by atoms with Crippen molar-refractivity contribution in [2.75, 3.05) is 19.7 Å². The average molecular weight is 403 g/mol. The molecule has 0 radical (unpaired) electrons. The summed E-state index contributed by atoms with van der Waals surface area (Å²) in [6.45, 7) is 8.53. The first-order valence-corrected chi connectivity index (χ1v) is 11.1. The summed E-state index contributed by atoms with van der Waals surface area (Å²) in [6, 6.07) is 2.78. The van der Waals surface area contributed by atoms with E-state index in [2.05, 4.69) is 10.00 Å². The van der Waals surface area contributed by atoms with Crippen molar-refractivity contribution in [3.05, 3.63) is 17.5 Å². The van der Waals surface area contributed by atoms with Crippen LogP contribution in [-0.4, -0.2) is 68.8 Å². The fourth-order valence-electron chi connectivity index (χ4n) is 5.18. The van der Waals surface area contributed by atoms with Crippen molar-refractivity contribution in [1.29, 1.82) is 0 Å². The van der Waals surface area contributed by atoms with Crippen molar-refractivity contribution < 1.29 is 14.3 Å². The molecule has 0 bridgehead atoms. The van der Waals surface area contributed by atoms with Crippen LogP contribution in [0, 0.1) is 13.8 Å². The van der Waals surface area contributed by atoms with E-state index in [0.717, 1.165) is 63.0 Å². The van der Waals surface area contributed by atoms with Gasteiger partial charge in [-0.3, -0.25) is 14.3 Å². The van der Waals surface area contributed by atoms with E-state index < -0.39 is 0 Å². The fraction of sp³-hybridized carbons (Fsp3) is 0.773. The first-order valence-electron chi connectivity index (χ1n) is 11.1. The Morgan fingerprint density at radius 3 is 2.52 bits per heavy atom. The van der Waals surface area contributed by atoms with Gasteiger partial charge >= 0.3 is 0 Å². The van der Waals surface area contributed by atoms with Gasteiger partial charge in [-0.2, -0.15) is 5.10 Å². The summed E-state index contributed by atoms with van der Waals surface area (Å²) in [5, 5.41) is 4.45. The number of nitrogens with zero attached hydrogens (tertiary/aromatic N) is 4. The molecule has 3 heterocycles. The van der Waals surface area contributed by atoms with Crippen LogP contribution in [0.25, 0.3) is 0 Å². The van der Waals surface area contributed by atoms with Gasteiger partial charge in [0.2, 0.25) is 11.8 Å². The molecule has 7 nitrogen and oxygen atoms in total. The van der Waals surface area contributed by atoms with Gasteiger partial charge in [0.25, 0.3) is 0 Å². The quantitative estimate of drug-likeness (QED) is 0.759. The summed E-state index contributed by atoms with van der Waals surface area (Å²) in [5.41, 5.74) is 1.92. The summed E-state index contributed by atoms with van der Waals surface area (Å²) in [6.07, 6.45) is 6.35. The fourth-order valence-corrected chi connectivity index (χ4v) is 5.18. The van der Waals surface area contributed by atoms with Crippen LogP contribution in [0.1, 0.15) is 63.3 Å². The van der Waals surface area contributed by atoms with Crippen LogP contribution >= 0.6 is 0 Å². The van der Waals surface area contributed by atoms with Crippen LogP contribution in [0.15, 0.2) is 6.07 Å². The third-order valence-electron chi connectivity index (χ3n) is 6.83. The van der Waals surface area contributed by atoms with Crippen molar-refractivity contribution >= 4 is 11.8 Å². The number of hydrogen-bond donors (Lipinski definition) is 0. The predicted octanol–water partition coefficient (Wildman–Crippen LogP) is 2.44. The molecule has 1 aromatic rings. The first kappa shape index (κ1) is 20.4. The van der Waals surface area contributed by atoms with Gasteiger partial charge in [-0.15, -0.1) is 0 Å². The molecule has 1 unspecified atom stereocenters. The lowest BCUT2D eigenvalue weighted by Gasteiger charge is -2.48. The Morgan fingerprint density at radius 1 is 1.21 bits per heavy atom. The lowest BCUT2D eigenvalue weighted by molar-refractivity contribution is -0.155. The molecular formula is C22H34N4O3. The molecule has 3 aliphatic rings. The number of hydrogen-bond acceptors (Lipinski definition) is 4. The average Bonchev–Trinajstić information content (AvgIpc) is 3.44. The molecule has 1 saturated carbocycles. The van der Waals surface area contributed by atoms with Crippen molar-refractivity contribution in [3.63, 3.8) is 0 Å². The Balaban J connectivity index is 1.30. The zero-order chi connectivity index (χ0) is 20.6. The Morgan fingerprint density at radius 2 is 1.93 bits per heavy atom. The number of aromatic nitrogens is 2. The molecule has 1 atom stereocenters. The first-order chi connectivity index (χ1) is 13.9. The number of aryl methyl sites for hydroxylation is 3. The number of carbonyl (C=O) groups is 2. The minimum Gasteiger partial charge on any atom is -0.375 e. The standard InChI is InChI=1S/C22H34N4O3/c1-16-14-17(2)25(23-16)10-6-21(28)24-11-8-22(9-12-24)15-20(7-13-29-22)26(18(3)27)19-4-5-19/h14,19-20H,4-13,15H2,1-3H3. The number of likely N-dealkylation sites (tertiary alicyclic amines) is 1. The Kier molecular flexibility index (Phi) is 5.69. The van der Waals surface area contributed by atoms with E-state index in [1.54, 1.807) is 6.92 Å². The number of amides is 2. The summed E-state index contributed by atoms with van der Waals surface area (Å²) in [7, 11) is 0. The smallest absolute Gasteiger partial charge is 0.224 e. The largest absolute Gasteiger partial charge is 0.375 e. The Bertz CT molecular complexity index is 762.